The van der Waals surface area contributed by atoms with E-state index in [1.54, 1.807) is 0 Å². The summed E-state index contributed by atoms with van der Waals surface area (Å²) in [5, 5.41) is 17.5. The lowest BCUT2D eigenvalue weighted by Crippen LogP contribution is -2.06. The molecule has 0 unspecified atom stereocenters. The molecule has 0 aliphatic rings. The second-order valence-corrected chi connectivity index (χ2v) is 4.40. The molecule has 1 aromatic heterocycles. The standard InChI is InChI=1S/C13H17N3O/c1-9(2)16-13(12(8-17)14-15-16)11-7-5-4-6-10(11)3/h4-7,9,17H,8H2,1-3H3. The third-order valence-electron chi connectivity index (χ3n) is 2.80. The Kier molecular flexibility index (Phi) is 3.24. The molecule has 4 nitrogen and oxygen atoms in total. The van der Waals surface area contributed by atoms with E-state index in [1.165, 1.54) is 0 Å². The van der Waals surface area contributed by atoms with Crippen LogP contribution in [0.5, 0.6) is 0 Å². The van der Waals surface area contributed by atoms with Crippen molar-refractivity contribution in [3.05, 3.63) is 35.5 Å². The maximum Gasteiger partial charge on any atom is 0.116 e. The van der Waals surface area contributed by atoms with Gasteiger partial charge in [-0.3, -0.25) is 0 Å². The Labute approximate surface area is 101 Å². The van der Waals surface area contributed by atoms with Crippen molar-refractivity contribution in [2.45, 2.75) is 33.4 Å². The van der Waals surface area contributed by atoms with Gasteiger partial charge in [-0.05, 0) is 26.3 Å². The van der Waals surface area contributed by atoms with Gasteiger partial charge in [0.2, 0.25) is 0 Å². The van der Waals surface area contributed by atoms with Crippen molar-refractivity contribution in [2.24, 2.45) is 0 Å². The summed E-state index contributed by atoms with van der Waals surface area (Å²) in [6.07, 6.45) is 0. The zero-order valence-corrected chi connectivity index (χ0v) is 10.4. The number of hydrogen-bond donors (Lipinski definition) is 1. The first-order valence-electron chi connectivity index (χ1n) is 5.76. The second-order valence-electron chi connectivity index (χ2n) is 4.40. The van der Waals surface area contributed by atoms with Crippen LogP contribution in [0.25, 0.3) is 11.3 Å². The average Bonchev–Trinajstić information content (AvgIpc) is 2.73. The van der Waals surface area contributed by atoms with Crippen LogP contribution in [-0.2, 0) is 6.61 Å². The van der Waals surface area contributed by atoms with Crippen LogP contribution in [0.3, 0.4) is 0 Å². The summed E-state index contributed by atoms with van der Waals surface area (Å²) in [4.78, 5) is 0. The maximum atomic E-state index is 9.35. The largest absolute Gasteiger partial charge is 0.390 e. The van der Waals surface area contributed by atoms with Crippen molar-refractivity contribution >= 4 is 0 Å². The predicted molar refractivity (Wildman–Crippen MR) is 66.5 cm³/mol. The number of aromatic nitrogens is 3. The highest BCUT2D eigenvalue weighted by molar-refractivity contribution is 5.65. The minimum absolute atomic E-state index is 0.0869. The van der Waals surface area contributed by atoms with E-state index < -0.39 is 0 Å². The molecule has 1 N–H and O–H groups in total. The van der Waals surface area contributed by atoms with Crippen LogP contribution in [0.4, 0.5) is 0 Å². The minimum Gasteiger partial charge on any atom is -0.390 e. The topological polar surface area (TPSA) is 50.9 Å². The van der Waals surface area contributed by atoms with Crippen LogP contribution in [0, 0.1) is 6.92 Å². The summed E-state index contributed by atoms with van der Waals surface area (Å²) in [6.45, 7) is 6.07. The fourth-order valence-corrected chi connectivity index (χ4v) is 1.91. The van der Waals surface area contributed by atoms with Gasteiger partial charge in [0.05, 0.1) is 12.3 Å². The third kappa shape index (κ3) is 2.08. The Balaban J connectivity index is 2.64. The molecule has 1 aromatic carbocycles. The van der Waals surface area contributed by atoms with E-state index in [9.17, 15) is 5.11 Å². The molecule has 0 amide bonds. The van der Waals surface area contributed by atoms with Gasteiger partial charge in [0.1, 0.15) is 5.69 Å². The summed E-state index contributed by atoms with van der Waals surface area (Å²) < 4.78 is 1.86. The van der Waals surface area contributed by atoms with Gasteiger partial charge in [0, 0.05) is 11.6 Å². The molecule has 0 spiro atoms. The molecule has 90 valence electrons. The molecule has 0 saturated carbocycles. The van der Waals surface area contributed by atoms with E-state index in [0.717, 1.165) is 16.8 Å². The quantitative estimate of drug-likeness (QED) is 0.882. The highest BCUT2D eigenvalue weighted by Gasteiger charge is 2.17. The highest BCUT2D eigenvalue weighted by atomic mass is 16.3. The fraction of sp³-hybridized carbons (Fsp3) is 0.385. The third-order valence-corrected chi connectivity index (χ3v) is 2.80. The Morgan fingerprint density at radius 3 is 2.59 bits per heavy atom. The molecule has 4 heteroatoms. The Morgan fingerprint density at radius 2 is 2.00 bits per heavy atom. The number of aliphatic hydroxyl groups excluding tert-OH is 1. The van der Waals surface area contributed by atoms with Gasteiger partial charge in [0.25, 0.3) is 0 Å². The van der Waals surface area contributed by atoms with Crippen LogP contribution in [0.2, 0.25) is 0 Å². The first-order valence-corrected chi connectivity index (χ1v) is 5.76. The molecule has 0 atom stereocenters. The van der Waals surface area contributed by atoms with E-state index in [4.69, 9.17) is 0 Å². The summed E-state index contributed by atoms with van der Waals surface area (Å²) in [5.74, 6) is 0. The maximum absolute atomic E-state index is 9.35. The zero-order valence-electron chi connectivity index (χ0n) is 10.4. The van der Waals surface area contributed by atoms with Crippen molar-refractivity contribution in [3.63, 3.8) is 0 Å². The Morgan fingerprint density at radius 1 is 1.29 bits per heavy atom. The van der Waals surface area contributed by atoms with Gasteiger partial charge in [-0.1, -0.05) is 29.5 Å². The van der Waals surface area contributed by atoms with Crippen molar-refractivity contribution in [3.8, 4) is 11.3 Å². The molecular formula is C13H17N3O. The number of aliphatic hydroxyl groups is 1. The average molecular weight is 231 g/mol. The van der Waals surface area contributed by atoms with Crippen LogP contribution >= 0.6 is 0 Å². The summed E-state index contributed by atoms with van der Waals surface area (Å²) in [5.41, 5.74) is 3.79. The number of aryl methyl sites for hydroxylation is 1. The lowest BCUT2D eigenvalue weighted by Gasteiger charge is -2.12. The number of rotatable bonds is 3. The molecule has 1 heterocycles. The molecule has 0 radical (unpaired) electrons. The predicted octanol–water partition coefficient (Wildman–Crippen LogP) is 2.33. The number of hydrogen-bond acceptors (Lipinski definition) is 3. The van der Waals surface area contributed by atoms with E-state index in [0.29, 0.717) is 5.69 Å². The molecule has 0 aliphatic heterocycles. The molecule has 0 bridgehead atoms. The lowest BCUT2D eigenvalue weighted by atomic mass is 10.0. The van der Waals surface area contributed by atoms with Crippen LogP contribution in [0.1, 0.15) is 31.1 Å². The lowest BCUT2D eigenvalue weighted by molar-refractivity contribution is 0.277. The smallest absolute Gasteiger partial charge is 0.116 e. The van der Waals surface area contributed by atoms with Crippen molar-refractivity contribution in [1.82, 2.24) is 15.0 Å². The van der Waals surface area contributed by atoms with Gasteiger partial charge >= 0.3 is 0 Å². The SMILES string of the molecule is Cc1ccccc1-c1c(CO)nnn1C(C)C. The molecule has 0 aliphatic carbocycles. The summed E-state index contributed by atoms with van der Waals surface area (Å²) in [6, 6.07) is 8.29. The Bertz CT molecular complexity index is 517. The van der Waals surface area contributed by atoms with Gasteiger partial charge in [-0.25, -0.2) is 4.68 Å². The van der Waals surface area contributed by atoms with Gasteiger partial charge in [-0.2, -0.15) is 0 Å². The molecule has 0 fully saturated rings. The highest BCUT2D eigenvalue weighted by Crippen LogP contribution is 2.27. The van der Waals surface area contributed by atoms with E-state index in [-0.39, 0.29) is 12.6 Å². The zero-order chi connectivity index (χ0) is 12.4. The van der Waals surface area contributed by atoms with Crippen LogP contribution in [0.15, 0.2) is 24.3 Å². The first kappa shape index (κ1) is 11.8. The molecule has 2 rings (SSSR count). The first-order chi connectivity index (χ1) is 8.15. The monoisotopic (exact) mass is 231 g/mol. The normalized spacial score (nSPS) is 11.1. The molecule has 2 aromatic rings. The van der Waals surface area contributed by atoms with E-state index in [2.05, 4.69) is 24.2 Å². The molecule has 0 saturated heterocycles. The Hall–Kier alpha value is -1.68. The molecule has 17 heavy (non-hydrogen) atoms. The van der Waals surface area contributed by atoms with Crippen molar-refractivity contribution in [1.29, 1.82) is 0 Å². The van der Waals surface area contributed by atoms with Crippen LogP contribution < -0.4 is 0 Å². The summed E-state index contributed by atoms with van der Waals surface area (Å²) in [7, 11) is 0. The fourth-order valence-electron chi connectivity index (χ4n) is 1.91. The van der Waals surface area contributed by atoms with Gasteiger partial charge in [0.15, 0.2) is 0 Å². The number of nitrogens with zero attached hydrogens (tertiary/aromatic N) is 3. The van der Waals surface area contributed by atoms with E-state index >= 15 is 0 Å². The summed E-state index contributed by atoms with van der Waals surface area (Å²) >= 11 is 0. The van der Waals surface area contributed by atoms with Crippen molar-refractivity contribution in [2.75, 3.05) is 0 Å². The number of benzene rings is 1. The second kappa shape index (κ2) is 4.67. The van der Waals surface area contributed by atoms with Crippen LogP contribution in [-0.4, -0.2) is 20.1 Å². The minimum atomic E-state index is -0.0869. The van der Waals surface area contributed by atoms with E-state index in [1.807, 2.05) is 35.9 Å². The van der Waals surface area contributed by atoms with Crippen molar-refractivity contribution < 1.29 is 5.11 Å². The van der Waals surface area contributed by atoms with Gasteiger partial charge in [-0.15, -0.1) is 5.10 Å². The molecular weight excluding hydrogens is 214 g/mol. The van der Waals surface area contributed by atoms with Gasteiger partial charge < -0.3 is 5.11 Å².